The minimum atomic E-state index is -0.177. The maximum absolute atomic E-state index is 5.98. The van der Waals surface area contributed by atoms with Gasteiger partial charge in [0, 0.05) is 10.4 Å². The van der Waals surface area contributed by atoms with Crippen LogP contribution >= 0.6 is 23.8 Å². The fraction of sp³-hybridized carbons (Fsp3) is 0.500. The highest BCUT2D eigenvalue weighted by molar-refractivity contribution is 7.80. The van der Waals surface area contributed by atoms with Gasteiger partial charge in [-0.05, 0) is 43.5 Å². The van der Waals surface area contributed by atoms with Crippen molar-refractivity contribution in [2.75, 3.05) is 6.61 Å². The van der Waals surface area contributed by atoms with Gasteiger partial charge in [-0.25, -0.2) is 0 Å². The minimum Gasteiger partial charge on any atom is -0.493 e. The van der Waals surface area contributed by atoms with E-state index in [4.69, 9.17) is 34.3 Å². The van der Waals surface area contributed by atoms with E-state index in [1.807, 2.05) is 39.8 Å². The molecule has 1 rings (SSSR count). The van der Waals surface area contributed by atoms with Gasteiger partial charge in [0.1, 0.15) is 5.75 Å². The van der Waals surface area contributed by atoms with Crippen LogP contribution < -0.4 is 10.5 Å². The van der Waals surface area contributed by atoms with Crippen molar-refractivity contribution in [2.45, 2.75) is 34.1 Å². The van der Waals surface area contributed by atoms with E-state index in [1.54, 1.807) is 0 Å². The fourth-order valence-corrected chi connectivity index (χ4v) is 2.09. The molecule has 18 heavy (non-hydrogen) atoms. The van der Waals surface area contributed by atoms with Gasteiger partial charge in [-0.15, -0.1) is 0 Å². The van der Waals surface area contributed by atoms with Crippen molar-refractivity contribution in [3.8, 4) is 5.75 Å². The number of thiocarbonyl (C=S) groups is 1. The van der Waals surface area contributed by atoms with Gasteiger partial charge in [0.05, 0.1) is 11.6 Å². The highest BCUT2D eigenvalue weighted by Crippen LogP contribution is 2.28. The molecule has 2 N–H and O–H groups in total. The summed E-state index contributed by atoms with van der Waals surface area (Å²) in [7, 11) is 0. The Morgan fingerprint density at radius 2 is 1.83 bits per heavy atom. The average Bonchev–Trinajstić information content (AvgIpc) is 2.21. The largest absolute Gasteiger partial charge is 0.493 e. The maximum atomic E-state index is 5.98. The molecule has 0 aliphatic heterocycles. The lowest BCUT2D eigenvalue weighted by molar-refractivity contribution is 0.267. The lowest BCUT2D eigenvalue weighted by Crippen LogP contribution is -2.31. The van der Waals surface area contributed by atoms with Gasteiger partial charge in [0.25, 0.3) is 0 Å². The first-order valence-electron chi connectivity index (χ1n) is 5.93. The molecule has 0 aromatic heterocycles. The van der Waals surface area contributed by atoms with Gasteiger partial charge in [-0.1, -0.05) is 37.7 Å². The van der Waals surface area contributed by atoms with Gasteiger partial charge >= 0.3 is 0 Å². The Bertz CT molecular complexity index is 434. The summed E-state index contributed by atoms with van der Waals surface area (Å²) in [5.41, 5.74) is 7.61. The van der Waals surface area contributed by atoms with E-state index < -0.39 is 0 Å². The standard InChI is InChI=1S/C14H20ClNOS/c1-9-7-11(15)8-10(2)12(9)17-6-5-14(3,4)13(16)18/h7-8H,5-6H2,1-4H3,(H2,16,18). The van der Waals surface area contributed by atoms with Crippen LogP contribution in [-0.4, -0.2) is 11.6 Å². The third-order valence-electron chi connectivity index (χ3n) is 3.07. The predicted molar refractivity (Wildman–Crippen MR) is 81.6 cm³/mol. The van der Waals surface area contributed by atoms with Crippen molar-refractivity contribution in [3.63, 3.8) is 0 Å². The molecular weight excluding hydrogens is 266 g/mol. The Kier molecular flexibility index (Phi) is 5.00. The monoisotopic (exact) mass is 285 g/mol. The van der Waals surface area contributed by atoms with Crippen LogP contribution in [0.5, 0.6) is 5.75 Å². The number of nitrogens with two attached hydrogens (primary N) is 1. The molecule has 0 spiro atoms. The second-order valence-corrected chi connectivity index (χ2v) is 6.09. The summed E-state index contributed by atoms with van der Waals surface area (Å²) in [5, 5.41) is 0.737. The maximum Gasteiger partial charge on any atom is 0.125 e. The number of halogens is 1. The Hall–Kier alpha value is -0.800. The molecule has 0 unspecified atom stereocenters. The van der Waals surface area contributed by atoms with Crippen LogP contribution in [0.2, 0.25) is 5.02 Å². The quantitative estimate of drug-likeness (QED) is 0.830. The van der Waals surface area contributed by atoms with Crippen LogP contribution in [0.4, 0.5) is 0 Å². The molecule has 0 radical (unpaired) electrons. The summed E-state index contributed by atoms with van der Waals surface area (Å²) >= 11 is 11.0. The molecule has 1 aromatic carbocycles. The highest BCUT2D eigenvalue weighted by atomic mass is 35.5. The molecule has 2 nitrogen and oxygen atoms in total. The van der Waals surface area contributed by atoms with Crippen molar-refractivity contribution in [1.29, 1.82) is 0 Å². The van der Waals surface area contributed by atoms with Gasteiger partial charge in [-0.3, -0.25) is 0 Å². The molecule has 0 saturated heterocycles. The predicted octanol–water partition coefficient (Wildman–Crippen LogP) is 4.04. The topological polar surface area (TPSA) is 35.2 Å². The molecule has 0 bridgehead atoms. The Labute approximate surface area is 119 Å². The molecule has 0 fully saturated rings. The van der Waals surface area contributed by atoms with Crippen LogP contribution in [-0.2, 0) is 0 Å². The molecular formula is C14H20ClNOS. The number of aryl methyl sites for hydroxylation is 2. The summed E-state index contributed by atoms with van der Waals surface area (Å²) in [6.07, 6.45) is 0.795. The van der Waals surface area contributed by atoms with E-state index in [-0.39, 0.29) is 5.41 Å². The zero-order valence-corrected chi connectivity index (χ0v) is 12.9. The summed E-state index contributed by atoms with van der Waals surface area (Å²) in [6.45, 7) is 8.63. The van der Waals surface area contributed by atoms with E-state index in [0.29, 0.717) is 11.6 Å². The summed E-state index contributed by atoms with van der Waals surface area (Å²) < 4.78 is 5.83. The van der Waals surface area contributed by atoms with E-state index in [1.165, 1.54) is 0 Å². The first-order chi connectivity index (χ1) is 8.24. The molecule has 100 valence electrons. The summed E-state index contributed by atoms with van der Waals surface area (Å²) in [5.74, 6) is 0.901. The van der Waals surface area contributed by atoms with E-state index >= 15 is 0 Å². The summed E-state index contributed by atoms with van der Waals surface area (Å²) in [6, 6.07) is 3.81. The van der Waals surface area contributed by atoms with Crippen LogP contribution in [0.15, 0.2) is 12.1 Å². The van der Waals surface area contributed by atoms with E-state index in [0.717, 1.165) is 28.3 Å². The molecule has 1 aromatic rings. The second kappa shape index (κ2) is 5.89. The second-order valence-electron chi connectivity index (χ2n) is 5.22. The third-order valence-corrected chi connectivity index (χ3v) is 3.84. The number of hydrogen-bond donors (Lipinski definition) is 1. The molecule has 0 aliphatic carbocycles. The van der Waals surface area contributed by atoms with E-state index in [9.17, 15) is 0 Å². The average molecular weight is 286 g/mol. The van der Waals surface area contributed by atoms with E-state index in [2.05, 4.69) is 0 Å². The van der Waals surface area contributed by atoms with Gasteiger partial charge in [0.2, 0.25) is 0 Å². The van der Waals surface area contributed by atoms with Gasteiger partial charge in [0.15, 0.2) is 0 Å². The van der Waals surface area contributed by atoms with Crippen molar-refractivity contribution >= 4 is 28.8 Å². The fourth-order valence-electron chi connectivity index (χ4n) is 1.66. The molecule has 0 heterocycles. The van der Waals surface area contributed by atoms with Crippen LogP contribution in [0.3, 0.4) is 0 Å². The molecule has 0 atom stereocenters. The first-order valence-corrected chi connectivity index (χ1v) is 6.72. The number of ether oxygens (including phenoxy) is 1. The molecule has 0 aliphatic rings. The number of benzene rings is 1. The van der Waals surface area contributed by atoms with Crippen LogP contribution in [0.1, 0.15) is 31.4 Å². The highest BCUT2D eigenvalue weighted by Gasteiger charge is 2.21. The normalized spacial score (nSPS) is 11.4. The number of hydrogen-bond acceptors (Lipinski definition) is 2. The molecule has 0 amide bonds. The zero-order chi connectivity index (χ0) is 13.9. The van der Waals surface area contributed by atoms with Crippen molar-refractivity contribution < 1.29 is 4.74 Å². The van der Waals surface area contributed by atoms with Crippen LogP contribution in [0, 0.1) is 19.3 Å². The smallest absolute Gasteiger partial charge is 0.125 e. The van der Waals surface area contributed by atoms with Crippen molar-refractivity contribution in [1.82, 2.24) is 0 Å². The SMILES string of the molecule is Cc1cc(Cl)cc(C)c1OCCC(C)(C)C(N)=S. The Morgan fingerprint density at radius 3 is 2.28 bits per heavy atom. The lowest BCUT2D eigenvalue weighted by atomic mass is 9.90. The Morgan fingerprint density at radius 1 is 1.33 bits per heavy atom. The van der Waals surface area contributed by atoms with Gasteiger partial charge < -0.3 is 10.5 Å². The van der Waals surface area contributed by atoms with Crippen molar-refractivity contribution in [2.24, 2.45) is 11.1 Å². The third kappa shape index (κ3) is 3.85. The summed E-state index contributed by atoms with van der Waals surface area (Å²) in [4.78, 5) is 0.524. The Balaban J connectivity index is 2.68. The minimum absolute atomic E-state index is 0.177. The molecule has 4 heteroatoms. The van der Waals surface area contributed by atoms with Gasteiger partial charge in [-0.2, -0.15) is 0 Å². The number of rotatable bonds is 5. The van der Waals surface area contributed by atoms with Crippen molar-refractivity contribution in [3.05, 3.63) is 28.3 Å². The van der Waals surface area contributed by atoms with Crippen LogP contribution in [0.25, 0.3) is 0 Å². The molecule has 0 saturated carbocycles. The first kappa shape index (κ1) is 15.3. The zero-order valence-electron chi connectivity index (χ0n) is 11.3. The lowest BCUT2D eigenvalue weighted by Gasteiger charge is -2.23.